The number of hydrogen-bond donors (Lipinski definition) is 1. The van der Waals surface area contributed by atoms with Gasteiger partial charge in [0.25, 0.3) is 11.6 Å². The summed E-state index contributed by atoms with van der Waals surface area (Å²) in [5.74, 6) is 0.796. The Labute approximate surface area is 167 Å². The maximum absolute atomic E-state index is 13.1. The van der Waals surface area contributed by atoms with Crippen LogP contribution in [0, 0.1) is 23.0 Å². The second-order valence-electron chi connectivity index (χ2n) is 7.50. The van der Waals surface area contributed by atoms with Crippen molar-refractivity contribution in [2.45, 2.75) is 26.7 Å². The van der Waals surface area contributed by atoms with Crippen molar-refractivity contribution in [2.24, 2.45) is 5.92 Å². The molecule has 3 aromatic rings. The number of nitrogens with zero attached hydrogens (tertiary/aromatic N) is 3. The van der Waals surface area contributed by atoms with E-state index in [2.05, 4.69) is 22.1 Å². The first kappa shape index (κ1) is 18.9. The van der Waals surface area contributed by atoms with Crippen molar-refractivity contribution in [3.63, 3.8) is 0 Å². The minimum absolute atomic E-state index is 0.105. The highest BCUT2D eigenvalue weighted by molar-refractivity contribution is 6.09. The van der Waals surface area contributed by atoms with E-state index in [9.17, 15) is 14.9 Å². The minimum Gasteiger partial charge on any atom is -0.441 e. The molecule has 2 heterocycles. The van der Waals surface area contributed by atoms with Crippen LogP contribution in [0.1, 0.15) is 36.0 Å². The molecule has 0 spiro atoms. The summed E-state index contributed by atoms with van der Waals surface area (Å²) in [6, 6.07) is 9.67. The van der Waals surface area contributed by atoms with Crippen molar-refractivity contribution in [3.05, 3.63) is 58.0 Å². The highest BCUT2D eigenvalue weighted by Gasteiger charge is 2.23. The summed E-state index contributed by atoms with van der Waals surface area (Å²) in [5.41, 5.74) is 2.75. The fraction of sp³-hybridized carbons (Fsp3) is 0.333. The van der Waals surface area contributed by atoms with Gasteiger partial charge in [-0.05, 0) is 43.0 Å². The first-order valence-corrected chi connectivity index (χ1v) is 9.62. The van der Waals surface area contributed by atoms with Gasteiger partial charge in [0.15, 0.2) is 11.5 Å². The van der Waals surface area contributed by atoms with Crippen LogP contribution in [0.3, 0.4) is 0 Å². The Balaban J connectivity index is 1.65. The van der Waals surface area contributed by atoms with Gasteiger partial charge in [0.2, 0.25) is 0 Å². The van der Waals surface area contributed by atoms with Crippen LogP contribution in [-0.2, 0) is 0 Å². The molecule has 29 heavy (non-hydrogen) atoms. The third-order valence-electron chi connectivity index (χ3n) is 5.31. The number of oxazole rings is 1. The van der Waals surface area contributed by atoms with E-state index in [1.54, 1.807) is 31.2 Å². The highest BCUT2D eigenvalue weighted by atomic mass is 16.6. The number of nitrogens with one attached hydrogen (secondary N) is 1. The molecule has 0 bridgehead atoms. The molecule has 0 unspecified atom stereocenters. The number of carbonyl (C=O) groups is 1. The van der Waals surface area contributed by atoms with E-state index in [1.807, 2.05) is 0 Å². The van der Waals surface area contributed by atoms with E-state index in [0.29, 0.717) is 34.2 Å². The number of benzene rings is 2. The molecule has 0 aliphatic carbocycles. The zero-order chi connectivity index (χ0) is 20.5. The van der Waals surface area contributed by atoms with Gasteiger partial charge in [0.1, 0.15) is 5.52 Å². The number of non-ortho nitro benzene ring substituents is 1. The molecule has 0 atom stereocenters. The number of aryl methyl sites for hydroxylation is 1. The van der Waals surface area contributed by atoms with Gasteiger partial charge in [-0.25, -0.2) is 4.98 Å². The van der Waals surface area contributed by atoms with Crippen LogP contribution in [0.5, 0.6) is 0 Å². The van der Waals surface area contributed by atoms with Gasteiger partial charge in [-0.15, -0.1) is 0 Å². The van der Waals surface area contributed by atoms with Crippen molar-refractivity contribution in [1.29, 1.82) is 0 Å². The standard InChI is InChI=1S/C21H22N4O4/c1-13-7-9-24(10-8-13)19-5-4-16(25(27)28)12-17(19)21(26)23-15-3-6-20-18(11-15)22-14(2)29-20/h3-6,11-13H,7-10H2,1-2H3,(H,23,26). The lowest BCUT2D eigenvalue weighted by Gasteiger charge is -2.33. The number of aromatic nitrogens is 1. The molecule has 2 aromatic carbocycles. The number of hydrogen-bond acceptors (Lipinski definition) is 6. The average Bonchev–Trinajstić information content (AvgIpc) is 3.07. The first-order valence-electron chi connectivity index (χ1n) is 9.62. The number of piperidine rings is 1. The monoisotopic (exact) mass is 394 g/mol. The molecule has 0 radical (unpaired) electrons. The highest BCUT2D eigenvalue weighted by Crippen LogP contribution is 2.30. The quantitative estimate of drug-likeness (QED) is 0.515. The normalized spacial score (nSPS) is 14.9. The van der Waals surface area contributed by atoms with Crippen LogP contribution in [0.25, 0.3) is 11.1 Å². The molecular weight excluding hydrogens is 372 g/mol. The van der Waals surface area contributed by atoms with Gasteiger partial charge in [-0.1, -0.05) is 6.92 Å². The summed E-state index contributed by atoms with van der Waals surface area (Å²) in [6.07, 6.45) is 2.06. The molecule has 8 nitrogen and oxygen atoms in total. The maximum atomic E-state index is 13.1. The van der Waals surface area contributed by atoms with Crippen LogP contribution in [0.2, 0.25) is 0 Å². The summed E-state index contributed by atoms with van der Waals surface area (Å²) in [4.78, 5) is 30.2. The molecule has 1 fully saturated rings. The lowest BCUT2D eigenvalue weighted by atomic mass is 9.98. The minimum atomic E-state index is -0.483. The van der Waals surface area contributed by atoms with Crippen LogP contribution >= 0.6 is 0 Å². The Bertz CT molecular complexity index is 1080. The fourth-order valence-corrected chi connectivity index (χ4v) is 3.66. The van der Waals surface area contributed by atoms with E-state index in [-0.39, 0.29) is 11.6 Å². The summed E-state index contributed by atoms with van der Waals surface area (Å²) in [5, 5.41) is 14.1. The van der Waals surface area contributed by atoms with Crippen molar-refractivity contribution in [3.8, 4) is 0 Å². The molecule has 1 aliphatic rings. The van der Waals surface area contributed by atoms with Crippen LogP contribution in [0.15, 0.2) is 40.8 Å². The summed E-state index contributed by atoms with van der Waals surface area (Å²) in [6.45, 7) is 5.61. The molecule has 150 valence electrons. The van der Waals surface area contributed by atoms with E-state index in [1.165, 1.54) is 12.1 Å². The summed E-state index contributed by atoms with van der Waals surface area (Å²) < 4.78 is 5.46. The van der Waals surface area contributed by atoms with E-state index < -0.39 is 4.92 Å². The third kappa shape index (κ3) is 3.91. The van der Waals surface area contributed by atoms with Crippen molar-refractivity contribution in [1.82, 2.24) is 4.98 Å². The molecule has 1 saturated heterocycles. The molecule has 0 saturated carbocycles. The number of amides is 1. The topological polar surface area (TPSA) is 102 Å². The van der Waals surface area contributed by atoms with Crippen molar-refractivity contribution >= 4 is 34.1 Å². The van der Waals surface area contributed by atoms with E-state index >= 15 is 0 Å². The number of fused-ring (bicyclic) bond motifs is 1. The van der Waals surface area contributed by atoms with Crippen molar-refractivity contribution in [2.75, 3.05) is 23.3 Å². The van der Waals surface area contributed by atoms with Crippen LogP contribution in [0.4, 0.5) is 17.1 Å². The summed E-state index contributed by atoms with van der Waals surface area (Å²) >= 11 is 0. The predicted octanol–water partition coefficient (Wildman–Crippen LogP) is 4.53. The van der Waals surface area contributed by atoms with Gasteiger partial charge < -0.3 is 14.6 Å². The number of nitro groups is 1. The molecule has 1 aliphatic heterocycles. The van der Waals surface area contributed by atoms with E-state index in [0.717, 1.165) is 31.6 Å². The Morgan fingerprint density at radius 3 is 2.72 bits per heavy atom. The van der Waals surface area contributed by atoms with Crippen molar-refractivity contribution < 1.29 is 14.1 Å². The molecule has 1 N–H and O–H groups in total. The van der Waals surface area contributed by atoms with Gasteiger partial charge in [-0.3, -0.25) is 14.9 Å². The van der Waals surface area contributed by atoms with Gasteiger partial charge >= 0.3 is 0 Å². The molecular formula is C21H22N4O4. The van der Waals surface area contributed by atoms with Gasteiger partial charge in [-0.2, -0.15) is 0 Å². The number of nitro benzene ring substituents is 1. The van der Waals surface area contributed by atoms with Crippen LogP contribution < -0.4 is 10.2 Å². The zero-order valence-corrected chi connectivity index (χ0v) is 16.3. The second-order valence-corrected chi connectivity index (χ2v) is 7.50. The Kier molecular flexibility index (Phi) is 4.92. The molecule has 1 aromatic heterocycles. The smallest absolute Gasteiger partial charge is 0.270 e. The number of rotatable bonds is 4. The molecule has 4 rings (SSSR count). The fourth-order valence-electron chi connectivity index (χ4n) is 3.66. The zero-order valence-electron chi connectivity index (χ0n) is 16.3. The Morgan fingerprint density at radius 1 is 1.24 bits per heavy atom. The molecule has 8 heteroatoms. The first-order chi connectivity index (χ1) is 13.9. The van der Waals surface area contributed by atoms with E-state index in [4.69, 9.17) is 4.42 Å². The summed E-state index contributed by atoms with van der Waals surface area (Å²) in [7, 11) is 0. The Morgan fingerprint density at radius 2 is 2.00 bits per heavy atom. The van der Waals surface area contributed by atoms with Gasteiger partial charge in [0.05, 0.1) is 16.2 Å². The largest absolute Gasteiger partial charge is 0.441 e. The number of carbonyl (C=O) groups excluding carboxylic acids is 1. The third-order valence-corrected chi connectivity index (χ3v) is 5.31. The lowest BCUT2D eigenvalue weighted by molar-refractivity contribution is -0.384. The average molecular weight is 394 g/mol. The van der Waals surface area contributed by atoms with Crippen LogP contribution in [-0.4, -0.2) is 28.9 Å². The predicted molar refractivity (Wildman–Crippen MR) is 110 cm³/mol. The number of anilines is 2. The van der Waals surface area contributed by atoms with Gasteiger partial charge in [0, 0.05) is 37.8 Å². The Hall–Kier alpha value is -3.42. The maximum Gasteiger partial charge on any atom is 0.270 e. The molecule has 1 amide bonds. The lowest BCUT2D eigenvalue weighted by Crippen LogP contribution is -2.34. The second kappa shape index (κ2) is 7.54. The SMILES string of the molecule is Cc1nc2cc(NC(=O)c3cc([N+](=O)[O-])ccc3N3CCC(C)CC3)ccc2o1.